The number of ether oxygens (including phenoxy) is 3. The Balaban J connectivity index is 4.38. The van der Waals surface area contributed by atoms with Crippen molar-refractivity contribution >= 4 is 17.9 Å². The highest BCUT2D eigenvalue weighted by Gasteiger charge is 2.19. The molecule has 0 bridgehead atoms. The van der Waals surface area contributed by atoms with Crippen LogP contribution in [0.2, 0.25) is 0 Å². The van der Waals surface area contributed by atoms with E-state index in [1.165, 1.54) is 128 Å². The lowest BCUT2D eigenvalue weighted by atomic mass is 10.1. The number of carbonyl (C=O) groups is 3. The highest BCUT2D eigenvalue weighted by Crippen LogP contribution is 2.15. The van der Waals surface area contributed by atoms with Gasteiger partial charge in [0.2, 0.25) is 0 Å². The Morgan fingerprint density at radius 2 is 0.476 bits per heavy atom. The number of hydrogen-bond donors (Lipinski definition) is 0. The Kier molecular flexibility index (Phi) is 65.3. The summed E-state index contributed by atoms with van der Waals surface area (Å²) < 4.78 is 16.9. The van der Waals surface area contributed by atoms with Crippen molar-refractivity contribution in [1.82, 2.24) is 0 Å². The largest absolute Gasteiger partial charge is 0.462 e. The molecule has 0 aromatic rings. The topological polar surface area (TPSA) is 78.9 Å². The minimum absolute atomic E-state index is 0.0924. The van der Waals surface area contributed by atoms with Gasteiger partial charge in [-0.3, -0.25) is 14.4 Å². The van der Waals surface area contributed by atoms with Gasteiger partial charge >= 0.3 is 17.9 Å². The molecule has 0 amide bonds. The van der Waals surface area contributed by atoms with Crippen LogP contribution in [0.4, 0.5) is 0 Å². The smallest absolute Gasteiger partial charge is 0.306 e. The van der Waals surface area contributed by atoms with Gasteiger partial charge in [0.05, 0.1) is 0 Å². The normalized spacial score (nSPS) is 13.0. The van der Waals surface area contributed by atoms with Crippen LogP contribution in [0.1, 0.15) is 310 Å². The van der Waals surface area contributed by atoms with Crippen LogP contribution in [0, 0.1) is 0 Å². The van der Waals surface area contributed by atoms with Gasteiger partial charge in [-0.25, -0.2) is 0 Å². The molecule has 0 aromatic heterocycles. The summed E-state index contributed by atoms with van der Waals surface area (Å²) in [5.41, 5.74) is 0. The number of carbonyl (C=O) groups excluding carboxylic acids is 3. The molecule has 0 aromatic carbocycles. The van der Waals surface area contributed by atoms with Crippen molar-refractivity contribution < 1.29 is 28.6 Å². The number of unbranched alkanes of at least 4 members (excludes halogenated alkanes) is 28. The third kappa shape index (κ3) is 66.4. The molecule has 0 fully saturated rings. The monoisotopic (exact) mass is 1130 g/mol. The number of esters is 3. The fourth-order valence-corrected chi connectivity index (χ4v) is 9.25. The SMILES string of the molecule is CC/C=C\C/C=C\C/C=C\C/C=C\C/C=C\C/C=C\C/C=C\C/C=C\CCCCCCCCC(=O)OCC(COC(=O)CCCCCCC/C=C\CCCCCCCC)OC(=O)CCCCCCCCC/C=C\C/C=C\CCCCCC. The van der Waals surface area contributed by atoms with Crippen LogP contribution < -0.4 is 0 Å². The molecule has 0 N–H and O–H groups in total. The van der Waals surface area contributed by atoms with Crippen LogP contribution in [0.3, 0.4) is 0 Å². The van der Waals surface area contributed by atoms with E-state index in [4.69, 9.17) is 14.2 Å². The molecule has 0 aliphatic carbocycles. The maximum Gasteiger partial charge on any atom is 0.306 e. The predicted octanol–water partition coefficient (Wildman–Crippen LogP) is 23.7. The van der Waals surface area contributed by atoms with Gasteiger partial charge in [0.15, 0.2) is 6.10 Å². The minimum Gasteiger partial charge on any atom is -0.462 e. The highest BCUT2D eigenvalue weighted by molar-refractivity contribution is 5.71. The van der Waals surface area contributed by atoms with Crippen LogP contribution in [0.25, 0.3) is 0 Å². The summed E-state index contributed by atoms with van der Waals surface area (Å²) in [5, 5.41) is 0. The molecule has 466 valence electrons. The van der Waals surface area contributed by atoms with Gasteiger partial charge in [0.1, 0.15) is 13.2 Å². The molecule has 1 unspecified atom stereocenters. The van der Waals surface area contributed by atoms with E-state index in [0.29, 0.717) is 19.3 Å². The summed E-state index contributed by atoms with van der Waals surface area (Å²) >= 11 is 0. The Bertz CT molecular complexity index is 1730. The van der Waals surface area contributed by atoms with E-state index in [1.54, 1.807) is 0 Å². The first kappa shape index (κ1) is 77.5. The Morgan fingerprint density at radius 3 is 0.768 bits per heavy atom. The number of allylic oxidation sites excluding steroid dienone is 22. The molecular weight excluding hydrogens is 1010 g/mol. The first-order valence-electron chi connectivity index (χ1n) is 34.2. The Hall–Kier alpha value is -4.45. The van der Waals surface area contributed by atoms with Gasteiger partial charge in [-0.15, -0.1) is 0 Å². The molecular formula is C76H126O6. The van der Waals surface area contributed by atoms with Gasteiger partial charge in [-0.05, 0) is 141 Å². The average Bonchev–Trinajstić information content (AvgIpc) is 3.47. The van der Waals surface area contributed by atoms with E-state index in [2.05, 4.69) is 154 Å². The van der Waals surface area contributed by atoms with Gasteiger partial charge in [0.25, 0.3) is 0 Å². The van der Waals surface area contributed by atoms with Crippen molar-refractivity contribution in [1.29, 1.82) is 0 Å². The molecule has 6 heteroatoms. The van der Waals surface area contributed by atoms with E-state index >= 15 is 0 Å². The van der Waals surface area contributed by atoms with E-state index in [9.17, 15) is 14.4 Å². The second kappa shape index (κ2) is 69.0. The lowest BCUT2D eigenvalue weighted by molar-refractivity contribution is -0.167. The molecule has 0 saturated heterocycles. The zero-order valence-corrected chi connectivity index (χ0v) is 53.5. The number of rotatable bonds is 61. The molecule has 0 rings (SSSR count). The quantitative estimate of drug-likeness (QED) is 0.0261. The average molecular weight is 1140 g/mol. The Morgan fingerprint density at radius 1 is 0.256 bits per heavy atom. The zero-order chi connectivity index (χ0) is 59.2. The van der Waals surface area contributed by atoms with Crippen molar-refractivity contribution in [3.63, 3.8) is 0 Å². The van der Waals surface area contributed by atoms with Crippen molar-refractivity contribution in [2.45, 2.75) is 316 Å². The second-order valence-electron chi connectivity index (χ2n) is 22.3. The molecule has 0 heterocycles. The molecule has 0 saturated carbocycles. The van der Waals surface area contributed by atoms with Gasteiger partial charge in [-0.1, -0.05) is 283 Å². The standard InChI is InChI=1S/C76H126O6/c1-4-7-10-13-16-19-22-25-28-30-32-33-34-35-36-37-38-39-40-41-42-43-44-46-48-51-54-57-60-63-66-69-75(78)81-72-73(71-80-74(77)68-65-62-59-56-53-50-47-27-24-21-18-15-12-9-6-3)82-76(79)70-67-64-61-58-55-52-49-45-31-29-26-23-20-17-14-11-8-5-2/h7,10,16,19-20,23,25,27-29,31-33,35-36,38-39,41-42,44,46-47,73H,4-6,8-9,11-15,17-18,21-22,24,26,30,34,37,40,43,45,48-72H2,1-3H3/b10-7-,19-16-,23-20-,28-25-,31-29-,33-32-,36-35-,39-38-,42-41-,46-44-,47-27-. The van der Waals surface area contributed by atoms with Crippen LogP contribution in [-0.2, 0) is 28.6 Å². The zero-order valence-electron chi connectivity index (χ0n) is 53.5. The molecule has 6 nitrogen and oxygen atoms in total. The van der Waals surface area contributed by atoms with Crippen LogP contribution in [0.15, 0.2) is 134 Å². The maximum absolute atomic E-state index is 12.9. The first-order chi connectivity index (χ1) is 40.5. The first-order valence-corrected chi connectivity index (χ1v) is 34.2. The third-order valence-corrected chi connectivity index (χ3v) is 14.4. The molecule has 0 aliphatic heterocycles. The van der Waals surface area contributed by atoms with Gasteiger partial charge < -0.3 is 14.2 Å². The van der Waals surface area contributed by atoms with Crippen molar-refractivity contribution in [3.8, 4) is 0 Å². The summed E-state index contributed by atoms with van der Waals surface area (Å²) in [4.78, 5) is 38.4. The van der Waals surface area contributed by atoms with Gasteiger partial charge in [0, 0.05) is 19.3 Å². The predicted molar refractivity (Wildman–Crippen MR) is 357 cm³/mol. The number of hydrogen-bond acceptors (Lipinski definition) is 6. The molecule has 0 aliphatic rings. The lowest BCUT2D eigenvalue weighted by Gasteiger charge is -2.18. The minimum atomic E-state index is -0.798. The fraction of sp³-hybridized carbons (Fsp3) is 0.671. The maximum atomic E-state index is 12.9. The summed E-state index contributed by atoms with van der Waals surface area (Å²) in [6.07, 6.45) is 97.4. The molecule has 1 atom stereocenters. The fourth-order valence-electron chi connectivity index (χ4n) is 9.25. The summed E-state index contributed by atoms with van der Waals surface area (Å²) in [7, 11) is 0. The molecule has 0 spiro atoms. The summed E-state index contributed by atoms with van der Waals surface area (Å²) in [5.74, 6) is -0.917. The van der Waals surface area contributed by atoms with Crippen LogP contribution in [0.5, 0.6) is 0 Å². The van der Waals surface area contributed by atoms with E-state index in [1.807, 2.05) is 0 Å². The van der Waals surface area contributed by atoms with E-state index in [0.717, 1.165) is 141 Å². The molecule has 82 heavy (non-hydrogen) atoms. The summed E-state index contributed by atoms with van der Waals surface area (Å²) in [6.45, 7) is 6.50. The second-order valence-corrected chi connectivity index (χ2v) is 22.3. The highest BCUT2D eigenvalue weighted by atomic mass is 16.6. The van der Waals surface area contributed by atoms with Crippen molar-refractivity contribution in [2.75, 3.05) is 13.2 Å². The summed E-state index contributed by atoms with van der Waals surface area (Å²) in [6, 6.07) is 0. The van der Waals surface area contributed by atoms with Crippen LogP contribution >= 0.6 is 0 Å². The van der Waals surface area contributed by atoms with E-state index in [-0.39, 0.29) is 31.1 Å². The molecule has 0 radical (unpaired) electrons. The van der Waals surface area contributed by atoms with Crippen molar-refractivity contribution in [3.05, 3.63) is 134 Å². The van der Waals surface area contributed by atoms with Crippen molar-refractivity contribution in [2.24, 2.45) is 0 Å². The van der Waals surface area contributed by atoms with Crippen LogP contribution in [-0.4, -0.2) is 37.2 Å². The Labute approximate surface area is 506 Å². The van der Waals surface area contributed by atoms with E-state index < -0.39 is 6.10 Å². The lowest BCUT2D eigenvalue weighted by Crippen LogP contribution is -2.30. The van der Waals surface area contributed by atoms with Gasteiger partial charge in [-0.2, -0.15) is 0 Å². The third-order valence-electron chi connectivity index (χ3n) is 14.4.